The number of ether oxygens (including phenoxy) is 1. The number of esters is 1. The van der Waals surface area contributed by atoms with E-state index in [2.05, 4.69) is 0 Å². The van der Waals surface area contributed by atoms with Gasteiger partial charge in [0, 0.05) is 28.2 Å². The molecule has 0 atom stereocenters. The summed E-state index contributed by atoms with van der Waals surface area (Å²) in [5, 5.41) is 0. The standard InChI is InChI=1S/C25H21NO4/c1-14-12-17(13-21-23(27)19-8-5-6-9-20(19)24(21)28)16(3)26(14)22-11-7-10-18(15(22)2)25(29)30-4/h5-13H,1-4H3. The van der Waals surface area contributed by atoms with Gasteiger partial charge in [-0.2, -0.15) is 0 Å². The van der Waals surface area contributed by atoms with Crippen LogP contribution in [0.25, 0.3) is 11.8 Å². The molecule has 0 spiro atoms. The number of benzene rings is 2. The van der Waals surface area contributed by atoms with Gasteiger partial charge in [-0.1, -0.05) is 30.3 Å². The number of nitrogens with zero attached hydrogens (tertiary/aromatic N) is 1. The molecule has 4 rings (SSSR count). The zero-order valence-corrected chi connectivity index (χ0v) is 17.3. The monoisotopic (exact) mass is 399 g/mol. The molecular weight excluding hydrogens is 378 g/mol. The lowest BCUT2D eigenvalue weighted by Gasteiger charge is -2.15. The van der Waals surface area contributed by atoms with E-state index in [4.69, 9.17) is 4.74 Å². The van der Waals surface area contributed by atoms with Gasteiger partial charge in [0.05, 0.1) is 18.2 Å². The fourth-order valence-electron chi connectivity index (χ4n) is 4.06. The molecule has 2 aromatic carbocycles. The summed E-state index contributed by atoms with van der Waals surface area (Å²) in [6.45, 7) is 5.76. The van der Waals surface area contributed by atoms with Crippen LogP contribution in [-0.4, -0.2) is 29.2 Å². The first-order valence-electron chi connectivity index (χ1n) is 9.62. The average Bonchev–Trinajstić information content (AvgIpc) is 3.16. The van der Waals surface area contributed by atoms with Gasteiger partial charge in [0.25, 0.3) is 0 Å². The van der Waals surface area contributed by atoms with Crippen molar-refractivity contribution >= 4 is 23.6 Å². The molecule has 0 N–H and O–H groups in total. The van der Waals surface area contributed by atoms with Gasteiger partial charge in [0.1, 0.15) is 0 Å². The molecule has 0 aliphatic heterocycles. The summed E-state index contributed by atoms with van der Waals surface area (Å²) in [4.78, 5) is 37.6. The smallest absolute Gasteiger partial charge is 0.338 e. The zero-order valence-electron chi connectivity index (χ0n) is 17.3. The molecule has 0 saturated heterocycles. The van der Waals surface area contributed by atoms with Crippen LogP contribution in [0.2, 0.25) is 0 Å². The number of ketones is 2. The van der Waals surface area contributed by atoms with Crippen LogP contribution >= 0.6 is 0 Å². The van der Waals surface area contributed by atoms with Crippen molar-refractivity contribution in [2.45, 2.75) is 20.8 Å². The van der Waals surface area contributed by atoms with Gasteiger partial charge >= 0.3 is 5.97 Å². The molecule has 5 nitrogen and oxygen atoms in total. The number of rotatable bonds is 3. The van der Waals surface area contributed by atoms with Crippen molar-refractivity contribution in [1.29, 1.82) is 0 Å². The Morgan fingerprint density at radius 3 is 2.17 bits per heavy atom. The van der Waals surface area contributed by atoms with Gasteiger partial charge in [0.15, 0.2) is 11.6 Å². The summed E-state index contributed by atoms with van der Waals surface area (Å²) in [7, 11) is 1.36. The summed E-state index contributed by atoms with van der Waals surface area (Å²) in [5.41, 5.74) is 5.82. The van der Waals surface area contributed by atoms with Crippen molar-refractivity contribution in [2.75, 3.05) is 7.11 Å². The van der Waals surface area contributed by atoms with Crippen LogP contribution in [0.1, 0.15) is 53.6 Å². The van der Waals surface area contributed by atoms with Crippen LogP contribution in [0, 0.1) is 20.8 Å². The highest BCUT2D eigenvalue weighted by Gasteiger charge is 2.32. The molecule has 30 heavy (non-hydrogen) atoms. The van der Waals surface area contributed by atoms with E-state index >= 15 is 0 Å². The van der Waals surface area contributed by atoms with E-state index in [-0.39, 0.29) is 23.1 Å². The molecule has 150 valence electrons. The fourth-order valence-corrected chi connectivity index (χ4v) is 4.06. The van der Waals surface area contributed by atoms with Crippen molar-refractivity contribution in [3.8, 4) is 5.69 Å². The number of aryl methyl sites for hydroxylation is 1. The highest BCUT2D eigenvalue weighted by molar-refractivity contribution is 6.41. The summed E-state index contributed by atoms with van der Waals surface area (Å²) < 4.78 is 6.90. The number of Topliss-reactive ketones (excluding diaryl/α,β-unsaturated/α-hetero) is 2. The largest absolute Gasteiger partial charge is 0.465 e. The number of hydrogen-bond donors (Lipinski definition) is 0. The Labute approximate surface area is 174 Å². The zero-order chi connectivity index (χ0) is 21.6. The van der Waals surface area contributed by atoms with Crippen molar-refractivity contribution in [3.63, 3.8) is 0 Å². The quantitative estimate of drug-likeness (QED) is 0.365. The number of carbonyl (C=O) groups is 3. The summed E-state index contributed by atoms with van der Waals surface area (Å²) in [5.74, 6) is -0.882. The Balaban J connectivity index is 1.82. The topological polar surface area (TPSA) is 65.4 Å². The van der Waals surface area contributed by atoms with E-state index in [1.165, 1.54) is 7.11 Å². The first kappa shape index (κ1) is 19.6. The van der Waals surface area contributed by atoms with Gasteiger partial charge < -0.3 is 9.30 Å². The minimum Gasteiger partial charge on any atom is -0.465 e. The van der Waals surface area contributed by atoms with E-state index in [1.54, 1.807) is 36.4 Å². The SMILES string of the molecule is COC(=O)c1cccc(-n2c(C)cc(C=C3C(=O)c4ccccc4C3=O)c2C)c1C. The van der Waals surface area contributed by atoms with Crippen LogP contribution in [0.3, 0.4) is 0 Å². The first-order valence-corrected chi connectivity index (χ1v) is 9.62. The molecule has 5 heteroatoms. The molecule has 1 heterocycles. The van der Waals surface area contributed by atoms with E-state index in [0.29, 0.717) is 16.7 Å². The maximum Gasteiger partial charge on any atom is 0.338 e. The number of fused-ring (bicyclic) bond motifs is 1. The highest BCUT2D eigenvalue weighted by Crippen LogP contribution is 2.31. The first-order chi connectivity index (χ1) is 14.3. The maximum absolute atomic E-state index is 12.7. The number of carbonyl (C=O) groups excluding carboxylic acids is 3. The summed E-state index contributed by atoms with van der Waals surface area (Å²) in [6.07, 6.45) is 1.67. The van der Waals surface area contributed by atoms with Gasteiger partial charge in [-0.05, 0) is 56.2 Å². The van der Waals surface area contributed by atoms with Gasteiger partial charge in [-0.3, -0.25) is 9.59 Å². The number of aromatic nitrogens is 1. The second-order valence-corrected chi connectivity index (χ2v) is 7.37. The Morgan fingerprint density at radius 1 is 0.933 bits per heavy atom. The molecule has 3 aromatic rings. The fraction of sp³-hybridized carbons (Fsp3) is 0.160. The molecule has 0 saturated carbocycles. The molecule has 0 bridgehead atoms. The predicted molar refractivity (Wildman–Crippen MR) is 114 cm³/mol. The molecule has 0 radical (unpaired) electrons. The average molecular weight is 399 g/mol. The number of methoxy groups -OCH3 is 1. The van der Waals surface area contributed by atoms with E-state index in [0.717, 1.165) is 28.2 Å². The van der Waals surface area contributed by atoms with Crippen molar-refractivity contribution < 1.29 is 19.1 Å². The third kappa shape index (κ3) is 2.90. The third-order valence-electron chi connectivity index (χ3n) is 5.63. The molecular formula is C25H21NO4. The van der Waals surface area contributed by atoms with Gasteiger partial charge in [-0.25, -0.2) is 4.79 Å². The molecule has 0 fully saturated rings. The summed E-state index contributed by atoms with van der Waals surface area (Å²) >= 11 is 0. The van der Waals surface area contributed by atoms with Crippen molar-refractivity contribution in [1.82, 2.24) is 4.57 Å². The molecule has 1 aliphatic carbocycles. The lowest BCUT2D eigenvalue weighted by molar-refractivity contribution is 0.0599. The highest BCUT2D eigenvalue weighted by atomic mass is 16.5. The van der Waals surface area contributed by atoms with Gasteiger partial charge in [-0.15, -0.1) is 0 Å². The van der Waals surface area contributed by atoms with E-state index in [1.807, 2.05) is 43.5 Å². The predicted octanol–water partition coefficient (Wildman–Crippen LogP) is 4.65. The van der Waals surface area contributed by atoms with Crippen LogP contribution in [-0.2, 0) is 4.74 Å². The van der Waals surface area contributed by atoms with Crippen LogP contribution in [0.4, 0.5) is 0 Å². The maximum atomic E-state index is 12.7. The normalized spacial score (nSPS) is 12.9. The molecule has 1 aromatic heterocycles. The lowest BCUT2D eigenvalue weighted by atomic mass is 10.1. The van der Waals surface area contributed by atoms with Crippen LogP contribution in [0.15, 0.2) is 54.1 Å². The van der Waals surface area contributed by atoms with Crippen molar-refractivity contribution in [3.05, 3.63) is 93.3 Å². The summed E-state index contributed by atoms with van der Waals surface area (Å²) in [6, 6.07) is 14.3. The third-order valence-corrected chi connectivity index (χ3v) is 5.63. The minimum absolute atomic E-state index is 0.177. The second kappa shape index (κ2) is 7.26. The van der Waals surface area contributed by atoms with Crippen LogP contribution < -0.4 is 0 Å². The van der Waals surface area contributed by atoms with Crippen LogP contribution in [0.5, 0.6) is 0 Å². The van der Waals surface area contributed by atoms with E-state index < -0.39 is 0 Å². The molecule has 1 aliphatic rings. The number of allylic oxidation sites excluding steroid dienone is 1. The Morgan fingerprint density at radius 2 is 1.57 bits per heavy atom. The minimum atomic E-state index is -0.390. The Bertz CT molecular complexity index is 1220. The Hall–Kier alpha value is -3.73. The molecule has 0 amide bonds. The molecule has 0 unspecified atom stereocenters. The van der Waals surface area contributed by atoms with Crippen molar-refractivity contribution in [2.24, 2.45) is 0 Å². The second-order valence-electron chi connectivity index (χ2n) is 7.37. The number of hydrogen-bond acceptors (Lipinski definition) is 4. The Kier molecular flexibility index (Phi) is 4.74. The van der Waals surface area contributed by atoms with Gasteiger partial charge in [0.2, 0.25) is 0 Å². The van der Waals surface area contributed by atoms with E-state index in [9.17, 15) is 14.4 Å². The lowest BCUT2D eigenvalue weighted by Crippen LogP contribution is -2.08.